The molecule has 0 aliphatic carbocycles. The Balaban J connectivity index is 1.42. The Hall–Kier alpha value is -4.14. The standard InChI is InChI=1S/C31H31N3O5/c1-20-3-7-22(8-4-20)24-17-25(27(36)18-26(24)35)30-28(29(32-39-30)31(37)34-11-2-12-34)23-9-5-21(6-10-23)19-33-13-15-38-16-14-33/h3-10,17-18,35-36H,2,11-16,19H2,1H3. The molecule has 1 amide bonds. The van der Waals surface area contributed by atoms with E-state index >= 15 is 0 Å². The van der Waals surface area contributed by atoms with Crippen LogP contribution in [0.15, 0.2) is 65.2 Å². The lowest BCUT2D eigenvalue weighted by molar-refractivity contribution is 0.0342. The first-order valence-corrected chi connectivity index (χ1v) is 13.3. The maximum absolute atomic E-state index is 13.3. The first-order valence-electron chi connectivity index (χ1n) is 13.3. The third-order valence-electron chi connectivity index (χ3n) is 7.51. The summed E-state index contributed by atoms with van der Waals surface area (Å²) in [6, 6.07) is 18.8. The van der Waals surface area contributed by atoms with Gasteiger partial charge < -0.3 is 24.4 Å². The fraction of sp³-hybridized carbons (Fsp3) is 0.290. The number of phenolic OH excluding ortho intramolecular Hbond substituents is 2. The fourth-order valence-corrected chi connectivity index (χ4v) is 5.07. The Bertz CT molecular complexity index is 1480. The van der Waals surface area contributed by atoms with Crippen molar-refractivity contribution in [2.45, 2.75) is 19.9 Å². The third kappa shape index (κ3) is 5.01. The van der Waals surface area contributed by atoms with Crippen molar-refractivity contribution < 1.29 is 24.3 Å². The highest BCUT2D eigenvalue weighted by atomic mass is 16.5. The van der Waals surface area contributed by atoms with Gasteiger partial charge in [0.1, 0.15) is 11.5 Å². The maximum atomic E-state index is 13.3. The molecule has 0 radical (unpaired) electrons. The van der Waals surface area contributed by atoms with Crippen LogP contribution in [0.3, 0.4) is 0 Å². The minimum atomic E-state index is -0.194. The monoisotopic (exact) mass is 525 g/mol. The molecule has 0 unspecified atom stereocenters. The summed E-state index contributed by atoms with van der Waals surface area (Å²) in [6.07, 6.45) is 0.959. The van der Waals surface area contributed by atoms with Crippen LogP contribution in [0, 0.1) is 6.92 Å². The lowest BCUT2D eigenvalue weighted by Gasteiger charge is -2.30. The number of phenols is 2. The predicted molar refractivity (Wildman–Crippen MR) is 147 cm³/mol. The number of hydrogen-bond donors (Lipinski definition) is 2. The summed E-state index contributed by atoms with van der Waals surface area (Å²) in [5, 5.41) is 25.8. The van der Waals surface area contributed by atoms with Gasteiger partial charge in [0.25, 0.3) is 5.91 Å². The van der Waals surface area contributed by atoms with Gasteiger partial charge >= 0.3 is 0 Å². The van der Waals surface area contributed by atoms with E-state index in [0.717, 1.165) is 61.5 Å². The average Bonchev–Trinajstić information content (AvgIpc) is 3.34. The van der Waals surface area contributed by atoms with E-state index in [1.54, 1.807) is 11.0 Å². The molecule has 6 rings (SSSR count). The van der Waals surface area contributed by atoms with Crippen molar-refractivity contribution in [1.82, 2.24) is 15.0 Å². The molecule has 2 saturated heterocycles. The van der Waals surface area contributed by atoms with Crippen LogP contribution < -0.4 is 0 Å². The van der Waals surface area contributed by atoms with Gasteiger partial charge in [-0.05, 0) is 36.1 Å². The second-order valence-electron chi connectivity index (χ2n) is 10.2. The van der Waals surface area contributed by atoms with Crippen molar-refractivity contribution in [3.05, 3.63) is 77.5 Å². The normalized spacial score (nSPS) is 15.8. The average molecular weight is 526 g/mol. The number of aryl methyl sites for hydroxylation is 1. The van der Waals surface area contributed by atoms with Crippen molar-refractivity contribution in [2.75, 3.05) is 39.4 Å². The lowest BCUT2D eigenvalue weighted by Crippen LogP contribution is -2.42. The Morgan fingerprint density at radius 3 is 2.21 bits per heavy atom. The van der Waals surface area contributed by atoms with Crippen molar-refractivity contribution in [1.29, 1.82) is 0 Å². The number of benzene rings is 3. The molecule has 1 aromatic heterocycles. The first-order chi connectivity index (χ1) is 19.0. The van der Waals surface area contributed by atoms with Gasteiger partial charge in [-0.15, -0.1) is 0 Å². The highest BCUT2D eigenvalue weighted by Gasteiger charge is 2.31. The third-order valence-corrected chi connectivity index (χ3v) is 7.51. The van der Waals surface area contributed by atoms with Crippen LogP contribution in [0.2, 0.25) is 0 Å². The molecule has 2 N–H and O–H groups in total. The zero-order valence-electron chi connectivity index (χ0n) is 21.9. The number of hydrogen-bond acceptors (Lipinski definition) is 7. The van der Waals surface area contributed by atoms with Crippen LogP contribution in [0.1, 0.15) is 28.0 Å². The quantitative estimate of drug-likeness (QED) is 0.362. The highest BCUT2D eigenvalue weighted by Crippen LogP contribution is 2.44. The Morgan fingerprint density at radius 1 is 0.872 bits per heavy atom. The zero-order chi connectivity index (χ0) is 26.9. The van der Waals surface area contributed by atoms with Crippen molar-refractivity contribution in [3.8, 4) is 45.1 Å². The molecule has 0 spiro atoms. The van der Waals surface area contributed by atoms with Crippen LogP contribution >= 0.6 is 0 Å². The van der Waals surface area contributed by atoms with Crippen LogP contribution in [0.4, 0.5) is 0 Å². The van der Waals surface area contributed by atoms with Gasteiger partial charge in [-0.2, -0.15) is 0 Å². The number of carbonyl (C=O) groups excluding carboxylic acids is 1. The summed E-state index contributed by atoms with van der Waals surface area (Å²) in [7, 11) is 0. The molecule has 0 bridgehead atoms. The Labute approximate surface area is 227 Å². The molecule has 200 valence electrons. The van der Waals surface area contributed by atoms with Gasteiger partial charge in [-0.1, -0.05) is 59.3 Å². The van der Waals surface area contributed by atoms with E-state index in [4.69, 9.17) is 9.26 Å². The SMILES string of the molecule is Cc1ccc(-c2cc(-c3onc(C(=O)N4CCC4)c3-c3ccc(CN4CCOCC4)cc3)c(O)cc2O)cc1. The smallest absolute Gasteiger partial charge is 0.276 e. The van der Waals surface area contributed by atoms with Crippen molar-refractivity contribution in [3.63, 3.8) is 0 Å². The predicted octanol–water partition coefficient (Wildman–Crippen LogP) is 5.07. The van der Waals surface area contributed by atoms with Crippen molar-refractivity contribution in [2.24, 2.45) is 0 Å². The topological polar surface area (TPSA) is 99.3 Å². The molecular weight excluding hydrogens is 494 g/mol. The van der Waals surface area contributed by atoms with Gasteiger partial charge in [0, 0.05) is 44.4 Å². The van der Waals surface area contributed by atoms with E-state index in [1.807, 2.05) is 55.5 Å². The first kappa shape index (κ1) is 25.2. The molecule has 8 heteroatoms. The number of amides is 1. The second-order valence-corrected chi connectivity index (χ2v) is 10.2. The second kappa shape index (κ2) is 10.6. The summed E-state index contributed by atoms with van der Waals surface area (Å²) in [4.78, 5) is 17.4. The maximum Gasteiger partial charge on any atom is 0.276 e. The molecule has 2 fully saturated rings. The van der Waals surface area contributed by atoms with E-state index in [2.05, 4.69) is 10.1 Å². The number of ether oxygens (including phenoxy) is 1. The lowest BCUT2D eigenvalue weighted by atomic mass is 9.94. The molecule has 8 nitrogen and oxygen atoms in total. The molecule has 2 aliphatic heterocycles. The van der Waals surface area contributed by atoms with Gasteiger partial charge in [0.15, 0.2) is 11.5 Å². The summed E-state index contributed by atoms with van der Waals surface area (Å²) in [5.41, 5.74) is 5.46. The van der Waals surface area contributed by atoms with Gasteiger partial charge in [-0.25, -0.2) is 0 Å². The van der Waals surface area contributed by atoms with E-state index in [-0.39, 0.29) is 28.9 Å². The van der Waals surface area contributed by atoms with Crippen LogP contribution in [-0.2, 0) is 11.3 Å². The minimum absolute atomic E-state index is 0.0505. The van der Waals surface area contributed by atoms with Crippen molar-refractivity contribution >= 4 is 5.91 Å². The van der Waals surface area contributed by atoms with E-state index in [1.165, 1.54) is 6.07 Å². The summed E-state index contributed by atoms with van der Waals surface area (Å²) < 4.78 is 11.3. The largest absolute Gasteiger partial charge is 0.507 e. The summed E-state index contributed by atoms with van der Waals surface area (Å²) in [5.74, 6) is -0.121. The van der Waals surface area contributed by atoms with Crippen LogP contribution in [0.25, 0.3) is 33.6 Å². The van der Waals surface area contributed by atoms with Crippen LogP contribution in [0.5, 0.6) is 11.5 Å². The van der Waals surface area contributed by atoms with Gasteiger partial charge in [0.2, 0.25) is 0 Å². The van der Waals surface area contributed by atoms with Crippen LogP contribution in [-0.4, -0.2) is 70.5 Å². The number of likely N-dealkylation sites (tertiary alicyclic amines) is 1. The zero-order valence-corrected chi connectivity index (χ0v) is 21.9. The molecule has 0 saturated carbocycles. The fourth-order valence-electron chi connectivity index (χ4n) is 5.07. The van der Waals surface area contributed by atoms with Gasteiger partial charge in [0.05, 0.1) is 24.3 Å². The molecule has 3 aromatic carbocycles. The Kier molecular flexibility index (Phi) is 6.81. The number of carbonyl (C=O) groups is 1. The Morgan fingerprint density at radius 2 is 1.54 bits per heavy atom. The number of rotatable bonds is 6. The molecular formula is C31H31N3O5. The molecule has 39 heavy (non-hydrogen) atoms. The molecule has 0 atom stereocenters. The van der Waals surface area contributed by atoms with E-state index < -0.39 is 0 Å². The summed E-state index contributed by atoms with van der Waals surface area (Å²) >= 11 is 0. The molecule has 3 heterocycles. The van der Waals surface area contributed by atoms with E-state index in [9.17, 15) is 15.0 Å². The number of aromatic hydroxyl groups is 2. The van der Waals surface area contributed by atoms with Gasteiger partial charge in [-0.3, -0.25) is 9.69 Å². The van der Waals surface area contributed by atoms with E-state index in [0.29, 0.717) is 29.8 Å². The minimum Gasteiger partial charge on any atom is -0.507 e. The summed E-state index contributed by atoms with van der Waals surface area (Å²) in [6.45, 7) is 7.45. The highest BCUT2D eigenvalue weighted by molar-refractivity contribution is 6.03. The molecule has 4 aromatic rings. The molecule has 2 aliphatic rings. The number of nitrogens with zero attached hydrogens (tertiary/aromatic N) is 3. The number of morpholine rings is 1. The number of aromatic nitrogens is 1.